The van der Waals surface area contributed by atoms with Gasteiger partial charge in [0.15, 0.2) is 0 Å². The maximum atomic E-state index is 10.1. The van der Waals surface area contributed by atoms with Crippen molar-refractivity contribution in [1.29, 1.82) is 0 Å². The number of anilines is 2. The van der Waals surface area contributed by atoms with E-state index in [1.165, 1.54) is 0 Å². The largest absolute Gasteiger partial charge is 0.391 e. The van der Waals surface area contributed by atoms with E-state index in [-0.39, 0.29) is 6.10 Å². The minimum Gasteiger partial charge on any atom is -0.391 e. The van der Waals surface area contributed by atoms with E-state index in [4.69, 9.17) is 4.98 Å². The van der Waals surface area contributed by atoms with E-state index in [0.29, 0.717) is 12.5 Å². The molecule has 1 fully saturated rings. The zero-order chi connectivity index (χ0) is 15.4. The Bertz CT molecular complexity index is 478. The summed E-state index contributed by atoms with van der Waals surface area (Å²) in [4.78, 5) is 11.5. The summed E-state index contributed by atoms with van der Waals surface area (Å²) in [6.45, 7) is 10.9. The Morgan fingerprint density at radius 2 is 2.10 bits per heavy atom. The number of hydrogen-bond donors (Lipinski definition) is 2. The van der Waals surface area contributed by atoms with Gasteiger partial charge in [-0.2, -0.15) is 0 Å². The molecule has 0 saturated carbocycles. The van der Waals surface area contributed by atoms with Crippen LogP contribution in [-0.2, 0) is 6.42 Å². The molecule has 5 nitrogen and oxygen atoms in total. The molecule has 5 heteroatoms. The molecule has 118 valence electrons. The highest BCUT2D eigenvalue weighted by Crippen LogP contribution is 2.28. The second-order valence-electron chi connectivity index (χ2n) is 6.00. The van der Waals surface area contributed by atoms with Gasteiger partial charge >= 0.3 is 0 Å². The van der Waals surface area contributed by atoms with Crippen molar-refractivity contribution < 1.29 is 5.11 Å². The molecule has 2 atom stereocenters. The number of aliphatic hydroxyl groups excluding tert-OH is 1. The highest BCUT2D eigenvalue weighted by molar-refractivity contribution is 5.59. The Morgan fingerprint density at radius 1 is 1.33 bits per heavy atom. The summed E-state index contributed by atoms with van der Waals surface area (Å²) < 4.78 is 0. The molecule has 1 aromatic rings. The number of nitrogens with one attached hydrogen (secondary N) is 1. The molecular weight excluding hydrogens is 264 g/mol. The molecular formula is C16H28N4O. The number of aliphatic hydroxyl groups is 1. The van der Waals surface area contributed by atoms with Crippen molar-refractivity contribution in [2.75, 3.05) is 29.9 Å². The molecule has 1 aliphatic heterocycles. The van der Waals surface area contributed by atoms with Gasteiger partial charge < -0.3 is 15.3 Å². The summed E-state index contributed by atoms with van der Waals surface area (Å²) in [6.07, 6.45) is 2.62. The molecule has 0 spiro atoms. The molecule has 1 saturated heterocycles. The summed E-state index contributed by atoms with van der Waals surface area (Å²) in [5, 5.41) is 13.5. The number of rotatable bonds is 5. The molecule has 0 bridgehead atoms. The Hall–Kier alpha value is -1.36. The van der Waals surface area contributed by atoms with Gasteiger partial charge in [0.05, 0.1) is 6.10 Å². The molecule has 0 aromatic carbocycles. The van der Waals surface area contributed by atoms with Crippen molar-refractivity contribution in [1.82, 2.24) is 9.97 Å². The van der Waals surface area contributed by atoms with Crippen LogP contribution >= 0.6 is 0 Å². The fraction of sp³-hybridized carbons (Fsp3) is 0.750. The van der Waals surface area contributed by atoms with E-state index in [0.717, 1.165) is 55.4 Å². The SMILES string of the molecule is CCCNc1nc(CC)nc(N2CCC(C)C(O)C2)c1C. The number of aryl methyl sites for hydroxylation is 1. The van der Waals surface area contributed by atoms with Crippen molar-refractivity contribution >= 4 is 11.6 Å². The second kappa shape index (κ2) is 7.07. The monoisotopic (exact) mass is 292 g/mol. The summed E-state index contributed by atoms with van der Waals surface area (Å²) in [6, 6.07) is 0. The Labute approximate surface area is 127 Å². The molecule has 21 heavy (non-hydrogen) atoms. The van der Waals surface area contributed by atoms with Crippen LogP contribution in [0.15, 0.2) is 0 Å². The van der Waals surface area contributed by atoms with Crippen molar-refractivity contribution in [3.63, 3.8) is 0 Å². The first-order valence-corrected chi connectivity index (χ1v) is 8.11. The molecule has 1 aromatic heterocycles. The van der Waals surface area contributed by atoms with Gasteiger partial charge in [0, 0.05) is 31.6 Å². The van der Waals surface area contributed by atoms with Crippen molar-refractivity contribution in [2.45, 2.75) is 53.1 Å². The number of hydrogen-bond acceptors (Lipinski definition) is 5. The third-order valence-electron chi connectivity index (χ3n) is 4.24. The number of aromatic nitrogens is 2. The summed E-state index contributed by atoms with van der Waals surface area (Å²) >= 11 is 0. The minimum absolute atomic E-state index is 0.273. The van der Waals surface area contributed by atoms with E-state index in [9.17, 15) is 5.11 Å². The molecule has 2 rings (SSSR count). The molecule has 2 N–H and O–H groups in total. The van der Waals surface area contributed by atoms with Crippen LogP contribution in [0, 0.1) is 12.8 Å². The van der Waals surface area contributed by atoms with E-state index in [2.05, 4.69) is 42.9 Å². The fourth-order valence-corrected chi connectivity index (χ4v) is 2.67. The zero-order valence-electron chi connectivity index (χ0n) is 13.7. The van der Waals surface area contributed by atoms with Gasteiger partial charge in [-0.1, -0.05) is 20.8 Å². The lowest BCUT2D eigenvalue weighted by atomic mass is 9.96. The number of piperidine rings is 1. The minimum atomic E-state index is -0.273. The molecule has 2 heterocycles. The summed E-state index contributed by atoms with van der Waals surface area (Å²) in [7, 11) is 0. The van der Waals surface area contributed by atoms with Crippen molar-refractivity contribution in [3.8, 4) is 0 Å². The van der Waals surface area contributed by atoms with Gasteiger partial charge in [0.2, 0.25) is 0 Å². The second-order valence-corrected chi connectivity index (χ2v) is 6.00. The lowest BCUT2D eigenvalue weighted by Crippen LogP contribution is -2.43. The quantitative estimate of drug-likeness (QED) is 0.872. The molecule has 0 amide bonds. The Kier molecular flexibility index (Phi) is 5.39. The normalized spacial score (nSPS) is 22.4. The van der Waals surface area contributed by atoms with Crippen LogP contribution in [0.1, 0.15) is 45.0 Å². The molecule has 0 radical (unpaired) electrons. The maximum Gasteiger partial charge on any atom is 0.137 e. The van der Waals surface area contributed by atoms with Gasteiger partial charge in [0.1, 0.15) is 17.5 Å². The van der Waals surface area contributed by atoms with E-state index < -0.39 is 0 Å². The van der Waals surface area contributed by atoms with E-state index >= 15 is 0 Å². The van der Waals surface area contributed by atoms with Crippen molar-refractivity contribution in [3.05, 3.63) is 11.4 Å². The van der Waals surface area contributed by atoms with Crippen LogP contribution in [0.2, 0.25) is 0 Å². The van der Waals surface area contributed by atoms with Gasteiger partial charge in [-0.25, -0.2) is 9.97 Å². The predicted molar refractivity (Wildman–Crippen MR) is 86.9 cm³/mol. The first-order chi connectivity index (χ1) is 10.1. The highest BCUT2D eigenvalue weighted by atomic mass is 16.3. The average molecular weight is 292 g/mol. The van der Waals surface area contributed by atoms with Gasteiger partial charge in [-0.3, -0.25) is 0 Å². The smallest absolute Gasteiger partial charge is 0.137 e. The Morgan fingerprint density at radius 3 is 2.71 bits per heavy atom. The number of nitrogens with zero attached hydrogens (tertiary/aromatic N) is 3. The van der Waals surface area contributed by atoms with Gasteiger partial charge in [0.25, 0.3) is 0 Å². The third-order valence-corrected chi connectivity index (χ3v) is 4.24. The topological polar surface area (TPSA) is 61.3 Å². The standard InChI is InChI=1S/C16H28N4O/c1-5-8-17-15-12(4)16(19-14(6-2)18-15)20-9-7-11(3)13(21)10-20/h11,13,21H,5-10H2,1-4H3,(H,17,18,19). The van der Waals surface area contributed by atoms with Crippen LogP contribution in [-0.4, -0.2) is 40.8 Å². The van der Waals surface area contributed by atoms with Crippen LogP contribution in [0.4, 0.5) is 11.6 Å². The van der Waals surface area contributed by atoms with Crippen LogP contribution in [0.25, 0.3) is 0 Å². The lowest BCUT2D eigenvalue weighted by molar-refractivity contribution is 0.102. The van der Waals surface area contributed by atoms with Crippen molar-refractivity contribution in [2.24, 2.45) is 5.92 Å². The van der Waals surface area contributed by atoms with E-state index in [1.54, 1.807) is 0 Å². The molecule has 0 aliphatic carbocycles. The van der Waals surface area contributed by atoms with Crippen LogP contribution < -0.4 is 10.2 Å². The highest BCUT2D eigenvalue weighted by Gasteiger charge is 2.27. The summed E-state index contributed by atoms with van der Waals surface area (Å²) in [5.74, 6) is 3.15. The van der Waals surface area contributed by atoms with Gasteiger partial charge in [-0.05, 0) is 25.7 Å². The van der Waals surface area contributed by atoms with Crippen LogP contribution in [0.3, 0.4) is 0 Å². The van der Waals surface area contributed by atoms with Gasteiger partial charge in [-0.15, -0.1) is 0 Å². The predicted octanol–water partition coefficient (Wildman–Crippen LogP) is 2.38. The first kappa shape index (κ1) is 16.0. The molecule has 2 unspecified atom stereocenters. The summed E-state index contributed by atoms with van der Waals surface area (Å²) in [5.41, 5.74) is 1.09. The van der Waals surface area contributed by atoms with E-state index in [1.807, 2.05) is 0 Å². The fourth-order valence-electron chi connectivity index (χ4n) is 2.67. The third kappa shape index (κ3) is 3.64. The average Bonchev–Trinajstić information content (AvgIpc) is 2.49. The first-order valence-electron chi connectivity index (χ1n) is 8.11. The maximum absolute atomic E-state index is 10.1. The lowest BCUT2D eigenvalue weighted by Gasteiger charge is -2.36. The van der Waals surface area contributed by atoms with Crippen LogP contribution in [0.5, 0.6) is 0 Å². The zero-order valence-corrected chi connectivity index (χ0v) is 13.7. The molecule has 1 aliphatic rings. The Balaban J connectivity index is 2.29. The number of β-amino-alcohol motifs (C(OH)–C–C–N with tert-alkyl or cyclic N) is 1.